The minimum atomic E-state index is -0.347. The highest BCUT2D eigenvalue weighted by Gasteiger charge is 2.19. The van der Waals surface area contributed by atoms with Crippen molar-refractivity contribution in [3.63, 3.8) is 0 Å². The Labute approximate surface area is 196 Å². The SMILES string of the molecule is CC(Sc1nnc2c3ccccc3n(Cc3ccccc3)c2n1)C(=O)NCc1ccccc1. The van der Waals surface area contributed by atoms with Gasteiger partial charge in [0.1, 0.15) is 5.52 Å². The molecule has 0 radical (unpaired) electrons. The Morgan fingerprint density at radius 3 is 2.33 bits per heavy atom. The van der Waals surface area contributed by atoms with Crippen LogP contribution in [0.4, 0.5) is 0 Å². The van der Waals surface area contributed by atoms with E-state index in [0.717, 1.165) is 27.6 Å². The number of nitrogens with zero attached hydrogens (tertiary/aromatic N) is 4. The van der Waals surface area contributed by atoms with E-state index in [9.17, 15) is 4.79 Å². The van der Waals surface area contributed by atoms with Crippen molar-refractivity contribution in [3.05, 3.63) is 96.1 Å². The maximum Gasteiger partial charge on any atom is 0.233 e. The molecule has 7 heteroatoms. The van der Waals surface area contributed by atoms with Gasteiger partial charge in [0.15, 0.2) is 5.65 Å². The normalized spacial score (nSPS) is 12.2. The molecule has 0 spiro atoms. The number of carbonyl (C=O) groups excluding carboxylic acids is 1. The van der Waals surface area contributed by atoms with Crippen LogP contribution in [0.2, 0.25) is 0 Å². The van der Waals surface area contributed by atoms with E-state index in [1.807, 2.05) is 73.7 Å². The molecule has 5 aromatic rings. The molecule has 6 nitrogen and oxygen atoms in total. The standard InChI is InChI=1S/C26H23N5OS/c1-18(25(32)27-16-19-10-4-2-5-11-19)33-26-28-24-23(29-30-26)21-14-8-9-15-22(21)31(24)17-20-12-6-3-7-13-20/h2-15,18H,16-17H2,1H3,(H,27,32). The fourth-order valence-corrected chi connectivity index (χ4v) is 4.54. The van der Waals surface area contributed by atoms with Crippen LogP contribution >= 0.6 is 11.8 Å². The number of fused-ring (bicyclic) bond motifs is 3. The number of nitrogens with one attached hydrogen (secondary N) is 1. The van der Waals surface area contributed by atoms with E-state index in [-0.39, 0.29) is 11.2 Å². The summed E-state index contributed by atoms with van der Waals surface area (Å²) in [5.41, 5.74) is 4.85. The molecular formula is C26H23N5OS. The highest BCUT2D eigenvalue weighted by Crippen LogP contribution is 2.29. The van der Waals surface area contributed by atoms with Gasteiger partial charge < -0.3 is 9.88 Å². The third kappa shape index (κ3) is 4.59. The van der Waals surface area contributed by atoms with Crippen LogP contribution < -0.4 is 5.32 Å². The monoisotopic (exact) mass is 453 g/mol. The van der Waals surface area contributed by atoms with Crippen LogP contribution in [0.3, 0.4) is 0 Å². The fraction of sp³-hybridized carbons (Fsp3) is 0.154. The molecular weight excluding hydrogens is 430 g/mol. The summed E-state index contributed by atoms with van der Waals surface area (Å²) in [5, 5.41) is 13.0. The molecule has 1 unspecified atom stereocenters. The minimum absolute atomic E-state index is 0.0580. The summed E-state index contributed by atoms with van der Waals surface area (Å²) >= 11 is 1.32. The molecule has 0 saturated heterocycles. The van der Waals surface area contributed by atoms with Gasteiger partial charge in [-0.2, -0.15) is 0 Å². The molecule has 33 heavy (non-hydrogen) atoms. The van der Waals surface area contributed by atoms with Gasteiger partial charge in [0, 0.05) is 18.5 Å². The first-order chi connectivity index (χ1) is 16.2. The molecule has 0 aliphatic rings. The minimum Gasteiger partial charge on any atom is -0.351 e. The Morgan fingerprint density at radius 2 is 1.58 bits per heavy atom. The lowest BCUT2D eigenvalue weighted by Gasteiger charge is -2.11. The lowest BCUT2D eigenvalue weighted by Crippen LogP contribution is -2.30. The molecule has 2 heterocycles. The van der Waals surface area contributed by atoms with Gasteiger partial charge in [-0.1, -0.05) is 90.6 Å². The highest BCUT2D eigenvalue weighted by atomic mass is 32.2. The zero-order valence-corrected chi connectivity index (χ0v) is 19.0. The zero-order valence-electron chi connectivity index (χ0n) is 18.2. The van der Waals surface area contributed by atoms with Gasteiger partial charge in [0.2, 0.25) is 11.1 Å². The molecule has 0 bridgehead atoms. The molecule has 1 amide bonds. The first-order valence-corrected chi connectivity index (χ1v) is 11.7. The van der Waals surface area contributed by atoms with Crippen molar-refractivity contribution in [2.45, 2.75) is 30.4 Å². The maximum absolute atomic E-state index is 12.6. The van der Waals surface area contributed by atoms with Gasteiger partial charge >= 0.3 is 0 Å². The van der Waals surface area contributed by atoms with E-state index in [0.29, 0.717) is 18.2 Å². The van der Waals surface area contributed by atoms with E-state index in [2.05, 4.69) is 38.3 Å². The Morgan fingerprint density at radius 1 is 0.909 bits per heavy atom. The first-order valence-electron chi connectivity index (χ1n) is 10.8. The third-order valence-corrected chi connectivity index (χ3v) is 6.45. The molecule has 1 N–H and O–H groups in total. The average Bonchev–Trinajstić information content (AvgIpc) is 3.16. The second-order valence-electron chi connectivity index (χ2n) is 7.82. The Balaban J connectivity index is 1.41. The molecule has 2 aromatic heterocycles. The van der Waals surface area contributed by atoms with Crippen molar-refractivity contribution >= 4 is 39.7 Å². The highest BCUT2D eigenvalue weighted by molar-refractivity contribution is 8.00. The number of hydrogen-bond acceptors (Lipinski definition) is 5. The summed E-state index contributed by atoms with van der Waals surface area (Å²) in [7, 11) is 0. The van der Waals surface area contributed by atoms with Crippen molar-refractivity contribution in [1.29, 1.82) is 0 Å². The quantitative estimate of drug-likeness (QED) is 0.358. The number of amides is 1. The van der Waals surface area contributed by atoms with E-state index in [4.69, 9.17) is 4.98 Å². The molecule has 0 saturated carbocycles. The van der Waals surface area contributed by atoms with Crippen LogP contribution in [0.5, 0.6) is 0 Å². The van der Waals surface area contributed by atoms with Gasteiger partial charge in [-0.3, -0.25) is 4.79 Å². The van der Waals surface area contributed by atoms with Crippen LogP contribution in [0.15, 0.2) is 90.1 Å². The second-order valence-corrected chi connectivity index (χ2v) is 9.13. The summed E-state index contributed by atoms with van der Waals surface area (Å²) in [5.74, 6) is -0.0580. The lowest BCUT2D eigenvalue weighted by atomic mass is 10.2. The van der Waals surface area contributed by atoms with Crippen LogP contribution in [0, 0.1) is 0 Å². The summed E-state index contributed by atoms with van der Waals surface area (Å²) in [6, 6.07) is 28.3. The molecule has 3 aromatic carbocycles. The summed E-state index contributed by atoms with van der Waals surface area (Å²) in [4.78, 5) is 17.4. The number of aromatic nitrogens is 4. The van der Waals surface area contributed by atoms with E-state index in [1.165, 1.54) is 17.3 Å². The van der Waals surface area contributed by atoms with Crippen molar-refractivity contribution in [1.82, 2.24) is 25.1 Å². The van der Waals surface area contributed by atoms with Crippen molar-refractivity contribution in [3.8, 4) is 0 Å². The first kappa shape index (κ1) is 21.2. The molecule has 0 aliphatic carbocycles. The van der Waals surface area contributed by atoms with E-state index < -0.39 is 0 Å². The summed E-state index contributed by atoms with van der Waals surface area (Å²) in [6.07, 6.45) is 0. The molecule has 1 atom stereocenters. The number of benzene rings is 3. The largest absolute Gasteiger partial charge is 0.351 e. The number of carbonyl (C=O) groups is 1. The molecule has 0 fully saturated rings. The number of thioether (sulfide) groups is 1. The number of para-hydroxylation sites is 1. The van der Waals surface area contributed by atoms with Crippen LogP contribution in [0.1, 0.15) is 18.1 Å². The summed E-state index contributed by atoms with van der Waals surface area (Å²) < 4.78 is 2.17. The number of hydrogen-bond donors (Lipinski definition) is 1. The Kier molecular flexibility index (Phi) is 6.04. The Bertz CT molecular complexity index is 1400. The summed E-state index contributed by atoms with van der Waals surface area (Å²) in [6.45, 7) is 3.03. The van der Waals surface area contributed by atoms with Gasteiger partial charge in [-0.05, 0) is 24.1 Å². The predicted octanol–water partition coefficient (Wildman–Crippen LogP) is 4.82. The van der Waals surface area contributed by atoms with Crippen molar-refractivity contribution in [2.24, 2.45) is 0 Å². The van der Waals surface area contributed by atoms with Gasteiger partial charge in [0.05, 0.1) is 10.8 Å². The van der Waals surface area contributed by atoms with Gasteiger partial charge in [-0.25, -0.2) is 4.98 Å². The topological polar surface area (TPSA) is 72.7 Å². The lowest BCUT2D eigenvalue weighted by molar-refractivity contribution is -0.120. The molecule has 0 aliphatic heterocycles. The second kappa shape index (κ2) is 9.42. The predicted molar refractivity (Wildman–Crippen MR) is 132 cm³/mol. The van der Waals surface area contributed by atoms with Crippen LogP contribution in [-0.4, -0.2) is 30.9 Å². The van der Waals surface area contributed by atoms with E-state index in [1.54, 1.807) is 0 Å². The molecule has 164 valence electrons. The zero-order chi connectivity index (χ0) is 22.6. The third-order valence-electron chi connectivity index (χ3n) is 5.50. The maximum atomic E-state index is 12.6. The van der Waals surface area contributed by atoms with Gasteiger partial charge in [0.25, 0.3) is 0 Å². The fourth-order valence-electron chi connectivity index (χ4n) is 3.81. The Hall–Kier alpha value is -3.71. The van der Waals surface area contributed by atoms with Crippen molar-refractivity contribution in [2.75, 3.05) is 0 Å². The average molecular weight is 454 g/mol. The van der Waals surface area contributed by atoms with Gasteiger partial charge in [-0.15, -0.1) is 10.2 Å². The van der Waals surface area contributed by atoms with E-state index >= 15 is 0 Å². The molecule has 5 rings (SSSR count). The van der Waals surface area contributed by atoms with Crippen LogP contribution in [0.25, 0.3) is 22.1 Å². The number of rotatable bonds is 7. The smallest absolute Gasteiger partial charge is 0.233 e. The van der Waals surface area contributed by atoms with Crippen LogP contribution in [-0.2, 0) is 17.9 Å². The van der Waals surface area contributed by atoms with Crippen molar-refractivity contribution < 1.29 is 4.79 Å².